The van der Waals surface area contributed by atoms with Gasteiger partial charge >= 0.3 is 0 Å². The van der Waals surface area contributed by atoms with Crippen molar-refractivity contribution in [3.8, 4) is 0 Å². The third-order valence-corrected chi connectivity index (χ3v) is 4.47. The molecule has 0 N–H and O–H groups in total. The van der Waals surface area contributed by atoms with Crippen molar-refractivity contribution in [3.05, 3.63) is 68.7 Å². The Bertz CT molecular complexity index is 590. The normalized spacial score (nSPS) is 12.5. The molecule has 2 aromatic rings. The fourth-order valence-corrected chi connectivity index (χ4v) is 3.47. The number of benzene rings is 2. The van der Waals surface area contributed by atoms with Gasteiger partial charge in [-0.15, -0.1) is 11.6 Å². The quantitative estimate of drug-likeness (QED) is 0.612. The van der Waals surface area contributed by atoms with Gasteiger partial charge in [0.1, 0.15) is 0 Å². The molecule has 0 aliphatic carbocycles. The van der Waals surface area contributed by atoms with Crippen LogP contribution in [0, 0.1) is 20.8 Å². The third kappa shape index (κ3) is 3.61. The molecule has 1 unspecified atom stereocenters. The van der Waals surface area contributed by atoms with Crippen molar-refractivity contribution in [1.29, 1.82) is 0 Å². The van der Waals surface area contributed by atoms with Crippen LogP contribution in [0.1, 0.15) is 33.2 Å². The van der Waals surface area contributed by atoms with Crippen LogP contribution in [0.5, 0.6) is 0 Å². The van der Waals surface area contributed by atoms with Crippen molar-refractivity contribution in [1.82, 2.24) is 0 Å². The first-order valence-electron chi connectivity index (χ1n) is 6.43. The Balaban J connectivity index is 2.25. The average molecular weight is 338 g/mol. The van der Waals surface area contributed by atoms with Gasteiger partial charge in [0, 0.05) is 4.47 Å². The van der Waals surface area contributed by atoms with Crippen molar-refractivity contribution >= 4 is 27.5 Å². The molecule has 1 atom stereocenters. The minimum absolute atomic E-state index is 0.00419. The van der Waals surface area contributed by atoms with Crippen molar-refractivity contribution in [2.75, 3.05) is 0 Å². The topological polar surface area (TPSA) is 0 Å². The van der Waals surface area contributed by atoms with Crippen LogP contribution >= 0.6 is 27.5 Å². The monoisotopic (exact) mass is 336 g/mol. The lowest BCUT2D eigenvalue weighted by atomic mass is 9.98. The van der Waals surface area contributed by atoms with Crippen LogP contribution in [0.15, 0.2) is 40.9 Å². The Labute approximate surface area is 128 Å². The van der Waals surface area contributed by atoms with Crippen LogP contribution in [0.3, 0.4) is 0 Å². The van der Waals surface area contributed by atoms with Crippen molar-refractivity contribution in [2.45, 2.75) is 32.6 Å². The fraction of sp³-hybridized carbons (Fsp3) is 0.294. The van der Waals surface area contributed by atoms with E-state index in [4.69, 9.17) is 11.6 Å². The first-order valence-corrected chi connectivity index (χ1v) is 7.66. The summed E-state index contributed by atoms with van der Waals surface area (Å²) in [5, 5.41) is -0.00419. The molecule has 0 amide bonds. The van der Waals surface area contributed by atoms with Crippen LogP contribution < -0.4 is 0 Å². The molecule has 2 aromatic carbocycles. The summed E-state index contributed by atoms with van der Waals surface area (Å²) >= 11 is 10.2. The zero-order valence-electron chi connectivity index (χ0n) is 11.5. The second-order valence-corrected chi connectivity index (χ2v) is 6.51. The molecule has 0 fully saturated rings. The van der Waals surface area contributed by atoms with Gasteiger partial charge < -0.3 is 0 Å². The number of halogens is 2. The first kappa shape index (κ1) is 14.6. The molecule has 2 rings (SSSR count). The minimum Gasteiger partial charge on any atom is -0.117 e. The molecule has 0 radical (unpaired) electrons. The summed E-state index contributed by atoms with van der Waals surface area (Å²) in [7, 11) is 0. The van der Waals surface area contributed by atoms with Gasteiger partial charge in [-0.1, -0.05) is 51.8 Å². The zero-order chi connectivity index (χ0) is 14.0. The van der Waals surface area contributed by atoms with Crippen LogP contribution in [0.4, 0.5) is 0 Å². The number of hydrogen-bond acceptors (Lipinski definition) is 0. The summed E-state index contributed by atoms with van der Waals surface area (Å²) in [6.07, 6.45) is 0.858. The SMILES string of the molecule is Cc1ccc(C(Cl)Cc2cc(C)ccc2C)c(Br)c1. The molecular weight excluding hydrogens is 320 g/mol. The largest absolute Gasteiger partial charge is 0.117 e. The molecule has 0 saturated carbocycles. The molecule has 0 nitrogen and oxygen atoms in total. The highest BCUT2D eigenvalue weighted by molar-refractivity contribution is 9.10. The Hall–Kier alpha value is -0.790. The van der Waals surface area contributed by atoms with E-state index < -0.39 is 0 Å². The predicted octanol–water partition coefficient (Wildman–Crippen LogP) is 5.90. The van der Waals surface area contributed by atoms with Crippen LogP contribution in [-0.2, 0) is 6.42 Å². The molecular formula is C17H18BrCl. The highest BCUT2D eigenvalue weighted by Gasteiger charge is 2.13. The Morgan fingerprint density at radius 1 is 1.00 bits per heavy atom. The summed E-state index contributed by atoms with van der Waals surface area (Å²) in [6, 6.07) is 12.9. The minimum atomic E-state index is -0.00419. The van der Waals surface area contributed by atoms with Gasteiger partial charge in [-0.05, 0) is 55.5 Å². The maximum absolute atomic E-state index is 6.59. The van der Waals surface area contributed by atoms with Gasteiger partial charge in [0.05, 0.1) is 5.38 Å². The molecule has 0 aliphatic rings. The van der Waals surface area contributed by atoms with E-state index >= 15 is 0 Å². The molecule has 0 bridgehead atoms. The van der Waals surface area contributed by atoms with Gasteiger partial charge in [0.25, 0.3) is 0 Å². The van der Waals surface area contributed by atoms with Crippen LogP contribution in [0.25, 0.3) is 0 Å². The number of rotatable bonds is 3. The summed E-state index contributed by atoms with van der Waals surface area (Å²) in [5.74, 6) is 0. The zero-order valence-corrected chi connectivity index (χ0v) is 13.8. The van der Waals surface area contributed by atoms with E-state index in [0.717, 1.165) is 16.5 Å². The maximum Gasteiger partial charge on any atom is 0.0636 e. The lowest BCUT2D eigenvalue weighted by Crippen LogP contribution is -1.99. The standard InChI is InChI=1S/C17H18BrCl/c1-11-4-6-13(3)14(8-11)10-17(19)15-7-5-12(2)9-16(15)18/h4-9,17H,10H2,1-3H3. The molecule has 0 saturated heterocycles. The molecule has 100 valence electrons. The van der Waals surface area contributed by atoms with Gasteiger partial charge in [-0.25, -0.2) is 0 Å². The summed E-state index contributed by atoms with van der Waals surface area (Å²) in [4.78, 5) is 0. The number of aryl methyl sites for hydroxylation is 3. The van der Waals surface area contributed by atoms with Gasteiger partial charge in [0.2, 0.25) is 0 Å². The van der Waals surface area contributed by atoms with E-state index in [1.54, 1.807) is 0 Å². The molecule has 0 aromatic heterocycles. The highest BCUT2D eigenvalue weighted by atomic mass is 79.9. The summed E-state index contributed by atoms with van der Waals surface area (Å²) in [5.41, 5.74) is 6.32. The maximum atomic E-state index is 6.59. The fourth-order valence-electron chi connectivity index (χ4n) is 2.21. The van der Waals surface area contributed by atoms with E-state index in [0.29, 0.717) is 0 Å². The Morgan fingerprint density at radius 3 is 2.32 bits per heavy atom. The smallest absolute Gasteiger partial charge is 0.0636 e. The van der Waals surface area contributed by atoms with E-state index in [1.165, 1.54) is 22.3 Å². The van der Waals surface area contributed by atoms with Crippen LogP contribution in [-0.4, -0.2) is 0 Å². The molecule has 19 heavy (non-hydrogen) atoms. The number of alkyl halides is 1. The second-order valence-electron chi connectivity index (χ2n) is 5.13. The van der Waals surface area contributed by atoms with Crippen LogP contribution in [0.2, 0.25) is 0 Å². The lowest BCUT2D eigenvalue weighted by molar-refractivity contribution is 0.903. The van der Waals surface area contributed by atoms with E-state index in [2.05, 4.69) is 73.1 Å². The first-order chi connectivity index (χ1) is 8.97. The van der Waals surface area contributed by atoms with Gasteiger partial charge in [-0.2, -0.15) is 0 Å². The predicted molar refractivity (Wildman–Crippen MR) is 87.1 cm³/mol. The molecule has 0 heterocycles. The van der Waals surface area contributed by atoms with Gasteiger partial charge in [0.15, 0.2) is 0 Å². The van der Waals surface area contributed by atoms with Gasteiger partial charge in [-0.3, -0.25) is 0 Å². The Morgan fingerprint density at radius 2 is 1.63 bits per heavy atom. The summed E-state index contributed by atoms with van der Waals surface area (Å²) < 4.78 is 1.10. The summed E-state index contributed by atoms with van der Waals surface area (Å²) in [6.45, 7) is 6.35. The van der Waals surface area contributed by atoms with Crippen molar-refractivity contribution in [3.63, 3.8) is 0 Å². The molecule has 0 spiro atoms. The van der Waals surface area contributed by atoms with Crippen molar-refractivity contribution in [2.24, 2.45) is 0 Å². The van der Waals surface area contributed by atoms with Crippen molar-refractivity contribution < 1.29 is 0 Å². The lowest BCUT2D eigenvalue weighted by Gasteiger charge is -2.14. The Kier molecular flexibility index (Phi) is 4.70. The second kappa shape index (κ2) is 6.11. The average Bonchev–Trinajstić information content (AvgIpc) is 2.33. The molecule has 2 heteroatoms. The van der Waals surface area contributed by atoms with E-state index in [1.807, 2.05) is 0 Å². The molecule has 0 aliphatic heterocycles. The third-order valence-electron chi connectivity index (χ3n) is 3.40. The van der Waals surface area contributed by atoms with E-state index in [9.17, 15) is 0 Å². The van der Waals surface area contributed by atoms with E-state index in [-0.39, 0.29) is 5.38 Å². The number of hydrogen-bond donors (Lipinski definition) is 0. The highest BCUT2D eigenvalue weighted by Crippen LogP contribution is 2.32.